The van der Waals surface area contributed by atoms with Crippen LogP contribution in [-0.2, 0) is 6.54 Å². The third-order valence-corrected chi connectivity index (χ3v) is 3.55. The van der Waals surface area contributed by atoms with E-state index in [4.69, 9.17) is 15.0 Å². The van der Waals surface area contributed by atoms with Crippen LogP contribution >= 0.6 is 0 Å². The van der Waals surface area contributed by atoms with Gasteiger partial charge in [0.2, 0.25) is 0 Å². The Hall–Kier alpha value is -2.80. The molecule has 0 bridgehead atoms. The molecule has 3 aromatic rings. The number of hydrogen-bond acceptors (Lipinski definition) is 3. The maximum Gasteiger partial charge on any atom is 0.153 e. The van der Waals surface area contributed by atoms with Gasteiger partial charge in [-0.2, -0.15) is 5.26 Å². The van der Waals surface area contributed by atoms with Gasteiger partial charge in [-0.25, -0.2) is 4.98 Å². The number of imidazole rings is 1. The minimum Gasteiger partial charge on any atom is -0.483 e. The Morgan fingerprint density at radius 1 is 1.14 bits per heavy atom. The highest BCUT2D eigenvalue weighted by molar-refractivity contribution is 5.76. The van der Waals surface area contributed by atoms with Crippen LogP contribution in [0.25, 0.3) is 11.0 Å². The molecule has 2 aromatic carbocycles. The number of benzene rings is 2. The molecule has 3 rings (SSSR count). The summed E-state index contributed by atoms with van der Waals surface area (Å²) in [4.78, 5) is 4.69. The fourth-order valence-corrected chi connectivity index (χ4v) is 2.56. The van der Waals surface area contributed by atoms with Gasteiger partial charge in [-0.1, -0.05) is 30.3 Å². The predicted octanol–water partition coefficient (Wildman–Crippen LogP) is 4.09. The smallest absolute Gasteiger partial charge is 0.153 e. The first kappa shape index (κ1) is 14.2. The van der Waals surface area contributed by atoms with Crippen LogP contribution in [0.3, 0.4) is 0 Å². The molecular weight excluding hydrogens is 274 g/mol. The van der Waals surface area contributed by atoms with Crippen molar-refractivity contribution in [3.05, 3.63) is 60.4 Å². The first-order chi connectivity index (χ1) is 10.8. The number of hydrogen-bond donors (Lipinski definition) is 0. The Bertz CT molecular complexity index is 802. The van der Waals surface area contributed by atoms with E-state index in [0.29, 0.717) is 13.0 Å². The SMILES string of the molecule is C[C@@H](Oc1ccccc1)c1nc2ccccc2n1CCC#N. The second-order valence-electron chi connectivity index (χ2n) is 5.09. The highest BCUT2D eigenvalue weighted by atomic mass is 16.5. The largest absolute Gasteiger partial charge is 0.483 e. The molecule has 0 aliphatic carbocycles. The van der Waals surface area contributed by atoms with Gasteiger partial charge in [0.15, 0.2) is 11.9 Å². The highest BCUT2D eigenvalue weighted by Gasteiger charge is 2.17. The Morgan fingerprint density at radius 3 is 2.64 bits per heavy atom. The number of aryl methyl sites for hydroxylation is 1. The van der Waals surface area contributed by atoms with Gasteiger partial charge in [-0.15, -0.1) is 0 Å². The van der Waals surface area contributed by atoms with E-state index in [9.17, 15) is 0 Å². The lowest BCUT2D eigenvalue weighted by Gasteiger charge is -2.16. The molecule has 1 atom stereocenters. The second kappa shape index (κ2) is 6.31. The van der Waals surface area contributed by atoms with Gasteiger partial charge in [0.1, 0.15) is 5.75 Å². The first-order valence-corrected chi connectivity index (χ1v) is 7.33. The van der Waals surface area contributed by atoms with E-state index in [0.717, 1.165) is 22.6 Å². The van der Waals surface area contributed by atoms with Crippen LogP contribution in [-0.4, -0.2) is 9.55 Å². The molecule has 0 amide bonds. The lowest BCUT2D eigenvalue weighted by Crippen LogP contribution is -2.12. The number of para-hydroxylation sites is 3. The zero-order valence-corrected chi connectivity index (χ0v) is 12.4. The van der Waals surface area contributed by atoms with Gasteiger partial charge >= 0.3 is 0 Å². The standard InChI is InChI=1S/C18H17N3O/c1-14(22-15-8-3-2-4-9-15)18-20-16-10-5-6-11-17(16)21(18)13-7-12-19/h2-6,8-11,14H,7,13H2,1H3/t14-/m1/s1. The maximum atomic E-state index is 8.89. The fraction of sp³-hybridized carbons (Fsp3) is 0.222. The van der Waals surface area contributed by atoms with Crippen molar-refractivity contribution in [3.8, 4) is 11.8 Å². The summed E-state index contributed by atoms with van der Waals surface area (Å²) in [5, 5.41) is 8.89. The molecule has 4 nitrogen and oxygen atoms in total. The summed E-state index contributed by atoms with van der Waals surface area (Å²) in [6.07, 6.45) is 0.263. The summed E-state index contributed by atoms with van der Waals surface area (Å²) < 4.78 is 8.06. The number of nitrogens with zero attached hydrogens (tertiary/aromatic N) is 3. The average molecular weight is 291 g/mol. The van der Waals surface area contributed by atoms with E-state index >= 15 is 0 Å². The number of rotatable bonds is 5. The van der Waals surface area contributed by atoms with E-state index in [1.54, 1.807) is 0 Å². The van der Waals surface area contributed by atoms with Crippen LogP contribution in [0.2, 0.25) is 0 Å². The molecule has 0 unspecified atom stereocenters. The number of aromatic nitrogens is 2. The summed E-state index contributed by atoms with van der Waals surface area (Å²) in [7, 11) is 0. The molecule has 0 fully saturated rings. The van der Waals surface area contributed by atoms with Gasteiger partial charge in [-0.3, -0.25) is 0 Å². The third-order valence-electron chi connectivity index (χ3n) is 3.55. The molecular formula is C18H17N3O. The normalized spacial score (nSPS) is 12.0. The predicted molar refractivity (Wildman–Crippen MR) is 85.4 cm³/mol. The van der Waals surface area contributed by atoms with Gasteiger partial charge in [-0.05, 0) is 31.2 Å². The Labute approximate surface area is 129 Å². The molecule has 0 spiro atoms. The van der Waals surface area contributed by atoms with Crippen LogP contribution in [0.4, 0.5) is 0 Å². The molecule has 4 heteroatoms. The van der Waals surface area contributed by atoms with Crippen molar-refractivity contribution in [2.75, 3.05) is 0 Å². The Morgan fingerprint density at radius 2 is 1.86 bits per heavy atom. The minimum absolute atomic E-state index is 0.187. The van der Waals surface area contributed by atoms with Gasteiger partial charge in [0.05, 0.1) is 23.5 Å². The van der Waals surface area contributed by atoms with Crippen molar-refractivity contribution in [1.82, 2.24) is 9.55 Å². The topological polar surface area (TPSA) is 50.8 Å². The van der Waals surface area contributed by atoms with Crippen LogP contribution in [0.15, 0.2) is 54.6 Å². The quantitative estimate of drug-likeness (QED) is 0.711. The Kier molecular flexibility index (Phi) is 4.06. The maximum absolute atomic E-state index is 8.89. The van der Waals surface area contributed by atoms with Crippen molar-refractivity contribution in [2.45, 2.75) is 26.0 Å². The van der Waals surface area contributed by atoms with E-state index in [1.807, 2.05) is 61.5 Å². The van der Waals surface area contributed by atoms with Crippen LogP contribution in [0.5, 0.6) is 5.75 Å². The lowest BCUT2D eigenvalue weighted by atomic mass is 10.3. The molecule has 0 saturated heterocycles. The van der Waals surface area contributed by atoms with Crippen molar-refractivity contribution in [3.63, 3.8) is 0 Å². The van der Waals surface area contributed by atoms with Gasteiger partial charge in [0.25, 0.3) is 0 Å². The van der Waals surface area contributed by atoms with Crippen LogP contribution in [0, 0.1) is 11.3 Å². The zero-order chi connectivity index (χ0) is 15.4. The van der Waals surface area contributed by atoms with Crippen molar-refractivity contribution < 1.29 is 4.74 Å². The zero-order valence-electron chi connectivity index (χ0n) is 12.4. The van der Waals surface area contributed by atoms with Crippen LogP contribution in [0.1, 0.15) is 25.3 Å². The van der Waals surface area contributed by atoms with E-state index in [-0.39, 0.29) is 6.10 Å². The summed E-state index contributed by atoms with van der Waals surface area (Å²) in [5.41, 5.74) is 1.97. The van der Waals surface area contributed by atoms with Crippen molar-refractivity contribution in [2.24, 2.45) is 0 Å². The van der Waals surface area contributed by atoms with E-state index in [1.165, 1.54) is 0 Å². The minimum atomic E-state index is -0.187. The fourth-order valence-electron chi connectivity index (χ4n) is 2.56. The monoisotopic (exact) mass is 291 g/mol. The molecule has 110 valence electrons. The first-order valence-electron chi connectivity index (χ1n) is 7.33. The van der Waals surface area contributed by atoms with Crippen LogP contribution < -0.4 is 4.74 Å². The van der Waals surface area contributed by atoms with Crippen molar-refractivity contribution in [1.29, 1.82) is 5.26 Å². The molecule has 0 N–H and O–H groups in total. The number of nitriles is 1. The molecule has 0 aliphatic rings. The Balaban J connectivity index is 1.96. The lowest BCUT2D eigenvalue weighted by molar-refractivity contribution is 0.211. The van der Waals surface area contributed by atoms with Gasteiger partial charge < -0.3 is 9.30 Å². The van der Waals surface area contributed by atoms with E-state index in [2.05, 4.69) is 10.6 Å². The molecule has 22 heavy (non-hydrogen) atoms. The van der Waals surface area contributed by atoms with Gasteiger partial charge in [0, 0.05) is 6.54 Å². The van der Waals surface area contributed by atoms with Crippen molar-refractivity contribution >= 4 is 11.0 Å². The number of ether oxygens (including phenoxy) is 1. The third kappa shape index (κ3) is 2.79. The summed E-state index contributed by atoms with van der Waals surface area (Å²) in [6, 6.07) is 19.9. The molecule has 1 aromatic heterocycles. The summed E-state index contributed by atoms with van der Waals surface area (Å²) in [5.74, 6) is 1.66. The highest BCUT2D eigenvalue weighted by Crippen LogP contribution is 2.25. The number of fused-ring (bicyclic) bond motifs is 1. The summed E-state index contributed by atoms with van der Waals surface area (Å²) >= 11 is 0. The molecule has 0 radical (unpaired) electrons. The molecule has 0 saturated carbocycles. The molecule has 0 aliphatic heterocycles. The van der Waals surface area contributed by atoms with E-state index < -0.39 is 0 Å². The second-order valence-corrected chi connectivity index (χ2v) is 5.09. The average Bonchev–Trinajstić information content (AvgIpc) is 2.92. The molecule has 1 heterocycles. The summed E-state index contributed by atoms with van der Waals surface area (Å²) in [6.45, 7) is 2.60.